The lowest BCUT2D eigenvalue weighted by Gasteiger charge is -2.71. The Balaban J connectivity index is 1.41. The summed E-state index contributed by atoms with van der Waals surface area (Å²) < 4.78 is 17.6. The van der Waals surface area contributed by atoms with Gasteiger partial charge in [0.05, 0.1) is 24.4 Å². The molecule has 4 saturated carbocycles. The molecule has 1 saturated heterocycles. The summed E-state index contributed by atoms with van der Waals surface area (Å²) in [6.45, 7) is 19.0. The maximum absolute atomic E-state index is 12.3. The van der Waals surface area contributed by atoms with Gasteiger partial charge in [0.25, 0.3) is 0 Å². The molecular weight excluding hydrogens is 648 g/mol. The highest BCUT2D eigenvalue weighted by Gasteiger charge is 2.73. The largest absolute Gasteiger partial charge is 0.454 e. The van der Waals surface area contributed by atoms with Crippen LogP contribution in [0.4, 0.5) is 0 Å². The summed E-state index contributed by atoms with van der Waals surface area (Å²) in [7, 11) is 0. The number of ether oxygens (including phenoxy) is 3. The van der Waals surface area contributed by atoms with E-state index in [0.29, 0.717) is 18.4 Å². The molecule has 0 aromatic rings. The van der Waals surface area contributed by atoms with Crippen LogP contribution < -0.4 is 0 Å². The Morgan fingerprint density at radius 1 is 0.940 bits per heavy atom. The molecule has 1 heterocycles. The number of hydrogen-bond acceptors (Lipinski definition) is 12. The highest BCUT2D eigenvalue weighted by atomic mass is 17.1. The topological polar surface area (TPSA) is 196 Å². The van der Waals surface area contributed by atoms with Crippen molar-refractivity contribution >= 4 is 5.97 Å². The van der Waals surface area contributed by atoms with E-state index >= 15 is 0 Å². The van der Waals surface area contributed by atoms with Crippen molar-refractivity contribution in [1.82, 2.24) is 0 Å². The Labute approximate surface area is 297 Å². The molecule has 4 aliphatic carbocycles. The SMILES string of the molecule is C=C(C)C(CCC(C)(O)C1CCC2(C)C1CCC1C3(C)C(O)C(O)C(OC4OC(CO)C(O)C(O)C4OC(C)=O)C(C)(C)C3CCC12C)OO. The van der Waals surface area contributed by atoms with Crippen LogP contribution in [0.25, 0.3) is 0 Å². The van der Waals surface area contributed by atoms with E-state index in [9.17, 15) is 40.7 Å². The summed E-state index contributed by atoms with van der Waals surface area (Å²) >= 11 is 0. The van der Waals surface area contributed by atoms with Gasteiger partial charge < -0.3 is 44.8 Å². The highest BCUT2D eigenvalue weighted by molar-refractivity contribution is 5.66. The number of carbonyl (C=O) groups excluding carboxylic acids is 1. The third-order valence-corrected chi connectivity index (χ3v) is 15.3. The third-order valence-electron chi connectivity index (χ3n) is 15.3. The lowest BCUT2D eigenvalue weighted by Crippen LogP contribution is -2.73. The minimum atomic E-state index is -1.60. The number of carbonyl (C=O) groups is 1. The molecule has 5 fully saturated rings. The minimum Gasteiger partial charge on any atom is -0.454 e. The first-order chi connectivity index (χ1) is 23.1. The van der Waals surface area contributed by atoms with Gasteiger partial charge in [-0.3, -0.25) is 10.1 Å². The Morgan fingerprint density at radius 2 is 1.58 bits per heavy atom. The van der Waals surface area contributed by atoms with Crippen molar-refractivity contribution < 1.29 is 59.8 Å². The fourth-order valence-electron chi connectivity index (χ4n) is 12.4. The van der Waals surface area contributed by atoms with Gasteiger partial charge in [0.2, 0.25) is 0 Å². The standard InChI is InChI=1S/C38H64O12/c1-19(2)23(50-46)13-17-37(8,45)22-12-15-35(6)21(22)10-11-26-36(35,7)16-14-25-34(4,5)32(29(43)31(44)38(25,26)9)49-33-30(47-20(3)40)28(42)27(41)24(18-39)48-33/h21-33,39,41-46H,1,10-18H2,2-9H3. The van der Waals surface area contributed by atoms with Gasteiger partial charge in [0.15, 0.2) is 12.4 Å². The summed E-state index contributed by atoms with van der Waals surface area (Å²) in [5, 5.41) is 76.7. The zero-order chi connectivity index (χ0) is 37.4. The predicted molar refractivity (Wildman–Crippen MR) is 182 cm³/mol. The molecule has 5 aliphatic rings. The van der Waals surface area contributed by atoms with Crippen LogP contribution in [-0.2, 0) is 23.9 Å². The number of rotatable bonds is 10. The Kier molecular flexibility index (Phi) is 11.1. The van der Waals surface area contributed by atoms with Crippen molar-refractivity contribution in [2.24, 2.45) is 45.3 Å². The van der Waals surface area contributed by atoms with E-state index in [1.807, 2.05) is 20.8 Å². The van der Waals surface area contributed by atoms with E-state index in [4.69, 9.17) is 14.2 Å². The van der Waals surface area contributed by atoms with Gasteiger partial charge in [-0.1, -0.05) is 41.2 Å². The van der Waals surface area contributed by atoms with Gasteiger partial charge in [-0.15, -0.1) is 0 Å². The molecule has 5 rings (SSSR count). The smallest absolute Gasteiger partial charge is 0.303 e. The lowest BCUT2D eigenvalue weighted by atomic mass is 9.34. The molecule has 0 aromatic heterocycles. The first-order valence-corrected chi connectivity index (χ1v) is 18.6. The van der Waals surface area contributed by atoms with Crippen LogP contribution in [0.1, 0.15) is 107 Å². The van der Waals surface area contributed by atoms with Gasteiger partial charge in [-0.2, -0.15) is 0 Å². The average molecular weight is 713 g/mol. The quantitative estimate of drug-likeness (QED) is 0.0575. The van der Waals surface area contributed by atoms with E-state index in [-0.39, 0.29) is 34.5 Å². The second-order valence-corrected chi connectivity index (χ2v) is 18.1. The monoisotopic (exact) mass is 712 g/mol. The van der Waals surface area contributed by atoms with E-state index in [1.54, 1.807) is 6.92 Å². The van der Waals surface area contributed by atoms with Gasteiger partial charge in [-0.25, -0.2) is 4.89 Å². The van der Waals surface area contributed by atoms with E-state index in [2.05, 4.69) is 32.2 Å². The first kappa shape index (κ1) is 40.0. The zero-order valence-corrected chi connectivity index (χ0v) is 31.2. The first-order valence-electron chi connectivity index (χ1n) is 18.6. The minimum absolute atomic E-state index is 0.0636. The molecule has 0 spiro atoms. The molecule has 288 valence electrons. The van der Waals surface area contributed by atoms with Gasteiger partial charge >= 0.3 is 5.97 Å². The van der Waals surface area contributed by atoms with Gasteiger partial charge in [0.1, 0.15) is 30.5 Å². The number of esters is 1. The van der Waals surface area contributed by atoms with Crippen LogP contribution in [0, 0.1) is 45.3 Å². The summed E-state index contributed by atoms with van der Waals surface area (Å²) in [6, 6.07) is 0. The van der Waals surface area contributed by atoms with Crippen LogP contribution in [0.2, 0.25) is 0 Å². The molecule has 0 bridgehead atoms. The van der Waals surface area contributed by atoms with Crippen LogP contribution in [0.3, 0.4) is 0 Å². The molecule has 1 aliphatic heterocycles. The van der Waals surface area contributed by atoms with Crippen LogP contribution in [0.5, 0.6) is 0 Å². The average Bonchev–Trinajstić information content (AvgIpc) is 3.40. The highest BCUT2D eigenvalue weighted by Crippen LogP contribution is 2.76. The Hall–Kier alpha value is -1.19. The van der Waals surface area contributed by atoms with Crippen molar-refractivity contribution in [3.8, 4) is 0 Å². The van der Waals surface area contributed by atoms with Crippen molar-refractivity contribution in [3.63, 3.8) is 0 Å². The van der Waals surface area contributed by atoms with Crippen LogP contribution >= 0.6 is 0 Å². The molecule has 0 radical (unpaired) electrons. The molecule has 0 amide bonds. The molecule has 50 heavy (non-hydrogen) atoms. The zero-order valence-electron chi connectivity index (χ0n) is 31.2. The number of aliphatic hydroxyl groups is 6. The van der Waals surface area contributed by atoms with Gasteiger partial charge in [0, 0.05) is 12.3 Å². The number of fused-ring (bicyclic) bond motifs is 5. The van der Waals surface area contributed by atoms with Crippen molar-refractivity contribution in [3.05, 3.63) is 12.2 Å². The van der Waals surface area contributed by atoms with E-state index in [1.165, 1.54) is 0 Å². The summed E-state index contributed by atoms with van der Waals surface area (Å²) in [4.78, 5) is 16.6. The summed E-state index contributed by atoms with van der Waals surface area (Å²) in [5.74, 6) is -0.425. The van der Waals surface area contributed by atoms with Crippen molar-refractivity contribution in [2.75, 3.05) is 6.61 Å². The molecular formula is C38H64O12. The summed E-state index contributed by atoms with van der Waals surface area (Å²) in [6.07, 6.45) is -5.10. The van der Waals surface area contributed by atoms with Crippen molar-refractivity contribution in [2.45, 2.75) is 167 Å². The van der Waals surface area contributed by atoms with Crippen LogP contribution in [-0.4, -0.2) is 109 Å². The molecule has 17 atom stereocenters. The summed E-state index contributed by atoms with van der Waals surface area (Å²) in [5.41, 5.74) is -1.97. The Bertz CT molecular complexity index is 1260. The van der Waals surface area contributed by atoms with Gasteiger partial charge in [-0.05, 0) is 111 Å². The van der Waals surface area contributed by atoms with E-state index in [0.717, 1.165) is 45.4 Å². The molecule has 12 heteroatoms. The van der Waals surface area contributed by atoms with Crippen LogP contribution in [0.15, 0.2) is 12.2 Å². The Morgan fingerprint density at radius 3 is 2.16 bits per heavy atom. The molecule has 7 N–H and O–H groups in total. The number of hydrogen-bond donors (Lipinski definition) is 7. The fraction of sp³-hybridized carbons (Fsp3) is 0.921. The number of aliphatic hydroxyl groups excluding tert-OH is 5. The maximum Gasteiger partial charge on any atom is 0.303 e. The molecule has 0 aromatic carbocycles. The second-order valence-electron chi connectivity index (χ2n) is 18.1. The fourth-order valence-corrected chi connectivity index (χ4v) is 12.4. The van der Waals surface area contributed by atoms with Crippen molar-refractivity contribution in [1.29, 1.82) is 0 Å². The predicted octanol–water partition coefficient (Wildman–Crippen LogP) is 3.33. The molecule has 17 unspecified atom stereocenters. The van der Waals surface area contributed by atoms with E-state index < -0.39 is 84.1 Å². The molecule has 12 nitrogen and oxygen atoms in total. The lowest BCUT2D eigenvalue weighted by molar-refractivity contribution is -0.355. The third kappa shape index (κ3) is 6.11. The maximum atomic E-state index is 12.3. The normalized spacial score (nSPS) is 48.8. The second kappa shape index (κ2) is 13.9.